The third-order valence-corrected chi connectivity index (χ3v) is 4.31. The van der Waals surface area contributed by atoms with Crippen molar-refractivity contribution >= 4 is 17.3 Å². The van der Waals surface area contributed by atoms with Crippen molar-refractivity contribution in [3.63, 3.8) is 0 Å². The number of ether oxygens (including phenoxy) is 1. The van der Waals surface area contributed by atoms with Crippen LogP contribution in [-0.2, 0) is 22.7 Å². The molecule has 0 saturated heterocycles. The standard InChI is InChI=1S/C17H15F2N3O2S/c18-12-3-1-4-13(19)17(12)14-10-25-15(21-14)9-24-16(23)5-2-7-22-8-6-20-11-22/h1,3-4,6,8,10-11H,2,5,7,9H2. The van der Waals surface area contributed by atoms with Gasteiger partial charge in [-0.05, 0) is 18.6 Å². The van der Waals surface area contributed by atoms with Gasteiger partial charge in [-0.3, -0.25) is 4.79 Å². The first-order valence-corrected chi connectivity index (χ1v) is 8.51. The van der Waals surface area contributed by atoms with Crippen LogP contribution in [0.15, 0.2) is 42.3 Å². The SMILES string of the molecule is O=C(CCCn1ccnc1)OCc1nc(-c2c(F)cccc2F)cs1. The van der Waals surface area contributed by atoms with Crippen molar-refractivity contribution in [2.45, 2.75) is 26.0 Å². The van der Waals surface area contributed by atoms with Crippen LogP contribution < -0.4 is 0 Å². The molecule has 0 N–H and O–H groups in total. The number of thiazole rings is 1. The Kier molecular flexibility index (Phi) is 5.49. The van der Waals surface area contributed by atoms with Gasteiger partial charge in [-0.15, -0.1) is 11.3 Å². The smallest absolute Gasteiger partial charge is 0.306 e. The highest BCUT2D eigenvalue weighted by atomic mass is 32.1. The van der Waals surface area contributed by atoms with Crippen LogP contribution in [0.25, 0.3) is 11.3 Å². The summed E-state index contributed by atoms with van der Waals surface area (Å²) in [6, 6.07) is 3.66. The van der Waals surface area contributed by atoms with E-state index in [0.717, 1.165) is 0 Å². The van der Waals surface area contributed by atoms with Gasteiger partial charge in [0.25, 0.3) is 0 Å². The van der Waals surface area contributed by atoms with E-state index in [4.69, 9.17) is 4.74 Å². The maximum absolute atomic E-state index is 13.7. The van der Waals surface area contributed by atoms with E-state index in [0.29, 0.717) is 18.0 Å². The Morgan fingerprint density at radius 1 is 1.28 bits per heavy atom. The summed E-state index contributed by atoms with van der Waals surface area (Å²) in [7, 11) is 0. The normalized spacial score (nSPS) is 10.8. The molecule has 0 amide bonds. The molecule has 0 aliphatic rings. The van der Waals surface area contributed by atoms with Crippen LogP contribution in [0.3, 0.4) is 0 Å². The van der Waals surface area contributed by atoms with Crippen LogP contribution in [0, 0.1) is 11.6 Å². The van der Waals surface area contributed by atoms with Crippen LogP contribution in [0.4, 0.5) is 8.78 Å². The van der Waals surface area contributed by atoms with E-state index in [2.05, 4.69) is 9.97 Å². The lowest BCUT2D eigenvalue weighted by atomic mass is 10.1. The summed E-state index contributed by atoms with van der Waals surface area (Å²) in [5.41, 5.74) is 0.0309. The molecule has 25 heavy (non-hydrogen) atoms. The second kappa shape index (κ2) is 7.98. The van der Waals surface area contributed by atoms with Crippen molar-refractivity contribution in [1.29, 1.82) is 0 Å². The van der Waals surface area contributed by atoms with Crippen LogP contribution in [0.5, 0.6) is 0 Å². The minimum absolute atomic E-state index is 0.00928. The Morgan fingerprint density at radius 2 is 2.08 bits per heavy atom. The molecule has 0 bridgehead atoms. The third-order valence-electron chi connectivity index (χ3n) is 3.48. The zero-order valence-electron chi connectivity index (χ0n) is 13.2. The van der Waals surface area contributed by atoms with E-state index < -0.39 is 11.6 Å². The highest BCUT2D eigenvalue weighted by molar-refractivity contribution is 7.09. The molecule has 2 heterocycles. The number of halogens is 2. The summed E-state index contributed by atoms with van der Waals surface area (Å²) < 4.78 is 34.5. The quantitative estimate of drug-likeness (QED) is 0.599. The molecule has 5 nitrogen and oxygen atoms in total. The number of hydrogen-bond donors (Lipinski definition) is 0. The van der Waals surface area contributed by atoms with Gasteiger partial charge in [0, 0.05) is 30.7 Å². The van der Waals surface area contributed by atoms with E-state index >= 15 is 0 Å². The molecule has 0 aliphatic carbocycles. The number of aryl methyl sites for hydroxylation is 1. The second-order valence-electron chi connectivity index (χ2n) is 5.29. The van der Waals surface area contributed by atoms with E-state index in [9.17, 15) is 13.6 Å². The molecule has 130 valence electrons. The fourth-order valence-corrected chi connectivity index (χ4v) is 2.97. The molecule has 1 aromatic carbocycles. The number of carbonyl (C=O) groups excluding carboxylic acids is 1. The zero-order chi connectivity index (χ0) is 17.6. The summed E-state index contributed by atoms with van der Waals surface area (Å²) in [5.74, 6) is -1.68. The number of benzene rings is 1. The second-order valence-corrected chi connectivity index (χ2v) is 6.23. The lowest BCUT2D eigenvalue weighted by Crippen LogP contribution is -2.06. The van der Waals surface area contributed by atoms with Gasteiger partial charge in [0.1, 0.15) is 23.2 Å². The predicted molar refractivity (Wildman–Crippen MR) is 88.7 cm³/mol. The van der Waals surface area contributed by atoms with Crippen molar-refractivity contribution in [2.24, 2.45) is 0 Å². The molecule has 2 aromatic heterocycles. The van der Waals surface area contributed by atoms with Gasteiger partial charge in [0.2, 0.25) is 0 Å². The van der Waals surface area contributed by atoms with E-state index in [1.807, 2.05) is 10.8 Å². The summed E-state index contributed by atoms with van der Waals surface area (Å²) in [5, 5.41) is 2.03. The van der Waals surface area contributed by atoms with Gasteiger partial charge in [0.05, 0.1) is 17.6 Å². The first kappa shape index (κ1) is 17.2. The number of rotatable bonds is 7. The number of nitrogens with zero attached hydrogens (tertiary/aromatic N) is 3. The summed E-state index contributed by atoms with van der Waals surface area (Å²) in [6.45, 7) is 0.674. The summed E-state index contributed by atoms with van der Waals surface area (Å²) in [6.07, 6.45) is 6.10. The highest BCUT2D eigenvalue weighted by Crippen LogP contribution is 2.27. The molecule has 8 heteroatoms. The van der Waals surface area contributed by atoms with E-state index in [1.54, 1.807) is 17.9 Å². The van der Waals surface area contributed by atoms with Gasteiger partial charge in [-0.25, -0.2) is 18.7 Å². The molecule has 0 saturated carbocycles. The van der Waals surface area contributed by atoms with Crippen molar-refractivity contribution in [3.05, 3.63) is 58.9 Å². The predicted octanol–water partition coefficient (Wildman–Crippen LogP) is 3.81. The lowest BCUT2D eigenvalue weighted by molar-refractivity contribution is -0.145. The van der Waals surface area contributed by atoms with Gasteiger partial charge < -0.3 is 9.30 Å². The number of hydrogen-bond acceptors (Lipinski definition) is 5. The Bertz CT molecular complexity index is 829. The fraction of sp³-hybridized carbons (Fsp3) is 0.235. The molecule has 0 fully saturated rings. The average Bonchev–Trinajstić information content (AvgIpc) is 3.25. The molecule has 0 radical (unpaired) electrons. The van der Waals surface area contributed by atoms with Crippen LogP contribution in [0.2, 0.25) is 0 Å². The van der Waals surface area contributed by atoms with Gasteiger partial charge >= 0.3 is 5.97 Å². The third kappa shape index (κ3) is 4.48. The molecular weight excluding hydrogens is 348 g/mol. The van der Waals surface area contributed by atoms with Crippen LogP contribution >= 0.6 is 11.3 Å². The van der Waals surface area contributed by atoms with Crippen LogP contribution in [-0.4, -0.2) is 20.5 Å². The molecule has 0 atom stereocenters. The summed E-state index contributed by atoms with van der Waals surface area (Å²) in [4.78, 5) is 19.8. The maximum atomic E-state index is 13.7. The topological polar surface area (TPSA) is 57.0 Å². The Hall–Kier alpha value is -2.61. The van der Waals surface area contributed by atoms with Crippen molar-refractivity contribution < 1.29 is 18.3 Å². The first-order chi connectivity index (χ1) is 12.1. The highest BCUT2D eigenvalue weighted by Gasteiger charge is 2.15. The van der Waals surface area contributed by atoms with E-state index in [-0.39, 0.29) is 30.3 Å². The largest absolute Gasteiger partial charge is 0.458 e. The fourth-order valence-electron chi connectivity index (χ4n) is 2.27. The van der Waals surface area contributed by atoms with Crippen molar-refractivity contribution in [3.8, 4) is 11.3 Å². The lowest BCUT2D eigenvalue weighted by Gasteiger charge is -2.04. The van der Waals surface area contributed by atoms with Gasteiger partial charge in [-0.2, -0.15) is 0 Å². The minimum atomic E-state index is -0.673. The molecule has 3 rings (SSSR count). The number of imidazole rings is 1. The number of esters is 1. The zero-order valence-corrected chi connectivity index (χ0v) is 14.0. The number of aromatic nitrogens is 3. The monoisotopic (exact) mass is 363 g/mol. The van der Waals surface area contributed by atoms with Crippen molar-refractivity contribution in [1.82, 2.24) is 14.5 Å². The molecule has 3 aromatic rings. The average molecular weight is 363 g/mol. The van der Waals surface area contributed by atoms with Gasteiger partial charge in [0.15, 0.2) is 0 Å². The molecule has 0 spiro atoms. The summed E-state index contributed by atoms with van der Waals surface area (Å²) >= 11 is 1.19. The van der Waals surface area contributed by atoms with E-state index in [1.165, 1.54) is 29.5 Å². The molecular formula is C17H15F2N3O2S. The first-order valence-electron chi connectivity index (χ1n) is 7.63. The Labute approximate surface area is 146 Å². The van der Waals surface area contributed by atoms with Crippen LogP contribution in [0.1, 0.15) is 17.8 Å². The Morgan fingerprint density at radius 3 is 2.80 bits per heavy atom. The van der Waals surface area contributed by atoms with Gasteiger partial charge in [-0.1, -0.05) is 6.07 Å². The molecule has 0 aliphatic heterocycles. The maximum Gasteiger partial charge on any atom is 0.306 e. The number of carbonyl (C=O) groups is 1. The molecule has 0 unspecified atom stereocenters. The van der Waals surface area contributed by atoms with Crippen molar-refractivity contribution in [2.75, 3.05) is 0 Å². The minimum Gasteiger partial charge on any atom is -0.458 e. The Balaban J connectivity index is 1.51.